The number of Topliss-reactive ketones (excluding diaryl/α,β-unsaturated/α-hetero) is 1. The minimum absolute atomic E-state index is 0.318. The van der Waals surface area contributed by atoms with Crippen LogP contribution < -0.4 is 4.90 Å². The molecule has 1 aliphatic heterocycles. The van der Waals surface area contributed by atoms with Crippen molar-refractivity contribution in [1.82, 2.24) is 0 Å². The molecular weight excluding hydrogens is 376 g/mol. The lowest BCUT2D eigenvalue weighted by Crippen LogP contribution is -2.57. The third kappa shape index (κ3) is 1.57. The SMILES string of the molecule is [C-]#[N+]C12C(=O)C(C=C(Cl)C1(C)C=C)C(C)(C)C1(O)C(=O)N(C)c3cccc2c31. The Hall–Kier alpha value is -2.42. The van der Waals surface area contributed by atoms with Crippen molar-refractivity contribution in [3.8, 4) is 0 Å². The van der Waals surface area contributed by atoms with Crippen LogP contribution in [0.4, 0.5) is 5.69 Å². The molecule has 0 spiro atoms. The van der Waals surface area contributed by atoms with E-state index < -0.39 is 33.8 Å². The van der Waals surface area contributed by atoms with Gasteiger partial charge in [-0.2, -0.15) is 0 Å². The van der Waals surface area contributed by atoms with E-state index in [4.69, 9.17) is 18.2 Å². The van der Waals surface area contributed by atoms with Crippen molar-refractivity contribution < 1.29 is 14.7 Å². The molecule has 2 bridgehead atoms. The molecule has 4 rings (SSSR count). The van der Waals surface area contributed by atoms with E-state index in [-0.39, 0.29) is 5.78 Å². The van der Waals surface area contributed by atoms with E-state index in [9.17, 15) is 14.7 Å². The van der Waals surface area contributed by atoms with Gasteiger partial charge in [-0.25, -0.2) is 6.57 Å². The number of nitrogens with zero attached hydrogens (tertiary/aromatic N) is 2. The second-order valence-electron chi connectivity index (χ2n) is 8.58. The largest absolute Gasteiger partial charge is 0.375 e. The molecule has 4 unspecified atom stereocenters. The van der Waals surface area contributed by atoms with Crippen molar-refractivity contribution >= 4 is 29.0 Å². The molecule has 1 amide bonds. The van der Waals surface area contributed by atoms with Gasteiger partial charge in [-0.15, -0.1) is 6.58 Å². The van der Waals surface area contributed by atoms with Gasteiger partial charge in [0.15, 0.2) is 5.60 Å². The van der Waals surface area contributed by atoms with Crippen molar-refractivity contribution in [2.75, 3.05) is 11.9 Å². The smallest absolute Gasteiger partial charge is 0.329 e. The minimum Gasteiger partial charge on any atom is -0.375 e. The molecule has 5 nitrogen and oxygen atoms in total. The third-order valence-electron chi connectivity index (χ3n) is 7.26. The van der Waals surface area contributed by atoms with E-state index in [2.05, 4.69) is 11.4 Å². The first-order valence-corrected chi connectivity index (χ1v) is 9.43. The van der Waals surface area contributed by atoms with Crippen LogP contribution in [0.5, 0.6) is 0 Å². The first-order chi connectivity index (χ1) is 13.0. The van der Waals surface area contributed by atoms with Crippen LogP contribution in [0.25, 0.3) is 4.85 Å². The number of benzene rings is 1. The molecule has 3 aliphatic rings. The number of anilines is 1. The number of aliphatic hydroxyl groups is 1. The fourth-order valence-electron chi connectivity index (χ4n) is 5.26. The zero-order valence-corrected chi connectivity index (χ0v) is 17.0. The Kier molecular flexibility index (Phi) is 3.47. The highest BCUT2D eigenvalue weighted by atomic mass is 35.5. The van der Waals surface area contributed by atoms with E-state index in [1.165, 1.54) is 11.0 Å². The fourth-order valence-corrected chi connectivity index (χ4v) is 5.60. The molecular formula is C22H21ClN2O3. The molecule has 0 fully saturated rings. The summed E-state index contributed by atoms with van der Waals surface area (Å²) in [7, 11) is 1.60. The molecule has 144 valence electrons. The Morgan fingerprint density at radius 3 is 2.54 bits per heavy atom. The molecule has 1 aromatic rings. The molecule has 1 heterocycles. The van der Waals surface area contributed by atoms with Crippen molar-refractivity contribution in [1.29, 1.82) is 0 Å². The van der Waals surface area contributed by atoms with Gasteiger partial charge in [0.05, 0.1) is 17.2 Å². The number of amides is 1. The minimum atomic E-state index is -1.96. The van der Waals surface area contributed by atoms with Crippen molar-refractivity contribution in [3.05, 3.63) is 64.5 Å². The molecule has 28 heavy (non-hydrogen) atoms. The maximum absolute atomic E-state index is 13.9. The number of fused-ring (bicyclic) bond motifs is 3. The van der Waals surface area contributed by atoms with Gasteiger partial charge < -0.3 is 10.0 Å². The van der Waals surface area contributed by atoms with Crippen molar-refractivity contribution in [3.63, 3.8) is 0 Å². The number of halogens is 1. The second-order valence-corrected chi connectivity index (χ2v) is 8.99. The summed E-state index contributed by atoms with van der Waals surface area (Å²) < 4.78 is 0. The van der Waals surface area contributed by atoms with Crippen LogP contribution in [-0.2, 0) is 20.7 Å². The van der Waals surface area contributed by atoms with Crippen LogP contribution in [0, 0.1) is 23.3 Å². The lowest BCUT2D eigenvalue weighted by atomic mass is 9.56. The van der Waals surface area contributed by atoms with Crippen LogP contribution >= 0.6 is 11.6 Å². The monoisotopic (exact) mass is 396 g/mol. The van der Waals surface area contributed by atoms with Crippen LogP contribution in [-0.4, -0.2) is 23.8 Å². The molecule has 1 aromatic carbocycles. The van der Waals surface area contributed by atoms with Gasteiger partial charge in [-0.3, -0.25) is 14.4 Å². The number of carbonyl (C=O) groups excluding carboxylic acids is 2. The molecule has 0 saturated carbocycles. The summed E-state index contributed by atoms with van der Waals surface area (Å²) in [6.07, 6.45) is 3.11. The van der Waals surface area contributed by atoms with Crippen LogP contribution in [0.1, 0.15) is 31.9 Å². The Balaban J connectivity index is 2.31. The Morgan fingerprint density at radius 2 is 1.96 bits per heavy atom. The Bertz CT molecular complexity index is 1050. The summed E-state index contributed by atoms with van der Waals surface area (Å²) in [6.45, 7) is 17.1. The number of likely N-dealkylation sites (N-methyl/N-ethyl adjacent to an activating group) is 1. The number of hydrogen-bond donors (Lipinski definition) is 1. The molecule has 6 heteroatoms. The van der Waals surface area contributed by atoms with E-state index in [0.717, 1.165) is 0 Å². The Labute approximate surface area is 169 Å². The van der Waals surface area contributed by atoms with Crippen LogP contribution in [0.3, 0.4) is 0 Å². The summed E-state index contributed by atoms with van der Waals surface area (Å²) in [5, 5.41) is 12.2. The fraction of sp³-hybridized carbons (Fsp3) is 0.409. The van der Waals surface area contributed by atoms with Crippen LogP contribution in [0.15, 0.2) is 42.0 Å². The summed E-state index contributed by atoms with van der Waals surface area (Å²) in [6, 6.07) is 5.08. The highest BCUT2D eigenvalue weighted by Gasteiger charge is 2.75. The van der Waals surface area contributed by atoms with E-state index in [0.29, 0.717) is 21.8 Å². The van der Waals surface area contributed by atoms with Gasteiger partial charge in [0, 0.05) is 23.1 Å². The first kappa shape index (κ1) is 18.9. The maximum Gasteiger partial charge on any atom is 0.329 e. The van der Waals surface area contributed by atoms with Gasteiger partial charge in [0.25, 0.3) is 5.91 Å². The van der Waals surface area contributed by atoms with E-state index >= 15 is 0 Å². The maximum atomic E-state index is 13.9. The number of carbonyl (C=O) groups is 2. The van der Waals surface area contributed by atoms with E-state index in [1.54, 1.807) is 52.1 Å². The number of hydrogen-bond acceptors (Lipinski definition) is 3. The summed E-state index contributed by atoms with van der Waals surface area (Å²) in [5.41, 5.74) is -4.92. The van der Waals surface area contributed by atoms with Gasteiger partial charge >= 0.3 is 5.54 Å². The zero-order chi connectivity index (χ0) is 20.9. The normalized spacial score (nSPS) is 37.7. The predicted molar refractivity (Wildman–Crippen MR) is 107 cm³/mol. The molecule has 0 aromatic heterocycles. The highest BCUT2D eigenvalue weighted by molar-refractivity contribution is 6.32. The third-order valence-corrected chi connectivity index (χ3v) is 7.77. The summed E-state index contributed by atoms with van der Waals surface area (Å²) >= 11 is 6.66. The predicted octanol–water partition coefficient (Wildman–Crippen LogP) is 3.52. The number of allylic oxidation sites excluding steroid dienone is 1. The number of ketones is 1. The molecule has 2 aliphatic carbocycles. The first-order valence-electron chi connectivity index (χ1n) is 9.05. The quantitative estimate of drug-likeness (QED) is 0.583. The highest BCUT2D eigenvalue weighted by Crippen LogP contribution is 2.66. The second kappa shape index (κ2) is 5.14. The standard InChI is InChI=1S/C22H21ClN2O3/c1-7-20(4)15(23)11-13-17(26)21(20,24-5)12-9-8-10-14-16(12)22(28,19(13,2)3)18(27)25(14)6/h7-11,13,28H,1H2,2-4,6H3. The van der Waals surface area contributed by atoms with Gasteiger partial charge in [0.2, 0.25) is 5.78 Å². The summed E-state index contributed by atoms with van der Waals surface area (Å²) in [5.74, 6) is -1.79. The van der Waals surface area contributed by atoms with Gasteiger partial charge in [-0.05, 0) is 19.1 Å². The molecule has 1 N–H and O–H groups in total. The topological polar surface area (TPSA) is 62.0 Å². The molecule has 0 radical (unpaired) electrons. The van der Waals surface area contributed by atoms with Gasteiger partial charge in [0.1, 0.15) is 5.41 Å². The zero-order valence-electron chi connectivity index (χ0n) is 16.2. The number of rotatable bonds is 1. The lowest BCUT2D eigenvalue weighted by Gasteiger charge is -2.45. The lowest BCUT2D eigenvalue weighted by molar-refractivity contribution is -0.157. The average molecular weight is 397 g/mol. The van der Waals surface area contributed by atoms with Gasteiger partial charge in [-0.1, -0.05) is 43.7 Å². The Morgan fingerprint density at radius 1 is 1.32 bits per heavy atom. The van der Waals surface area contributed by atoms with Crippen molar-refractivity contribution in [2.45, 2.75) is 31.9 Å². The van der Waals surface area contributed by atoms with Crippen LogP contribution in [0.2, 0.25) is 0 Å². The van der Waals surface area contributed by atoms with E-state index in [1.807, 2.05) is 0 Å². The molecule has 4 atom stereocenters. The summed E-state index contributed by atoms with van der Waals surface area (Å²) in [4.78, 5) is 32.4. The van der Waals surface area contributed by atoms with Crippen molar-refractivity contribution in [2.24, 2.45) is 16.7 Å². The molecule has 0 saturated heterocycles. The average Bonchev–Trinajstić information content (AvgIpc) is 2.86.